The van der Waals surface area contributed by atoms with Crippen molar-refractivity contribution in [2.24, 2.45) is 0 Å². The maximum atomic E-state index is 13.1. The van der Waals surface area contributed by atoms with Crippen molar-refractivity contribution in [3.8, 4) is 0 Å². The van der Waals surface area contributed by atoms with Crippen molar-refractivity contribution in [3.63, 3.8) is 0 Å². The molecule has 4 amide bonds. The van der Waals surface area contributed by atoms with Crippen molar-refractivity contribution in [2.75, 3.05) is 38.6 Å². The van der Waals surface area contributed by atoms with Crippen molar-refractivity contribution in [3.05, 3.63) is 29.8 Å². The lowest BCUT2D eigenvalue weighted by Gasteiger charge is -2.30. The molecule has 0 spiro atoms. The molecule has 3 aliphatic heterocycles. The average molecular weight is 384 g/mol. The van der Waals surface area contributed by atoms with Crippen molar-refractivity contribution < 1.29 is 19.2 Å². The van der Waals surface area contributed by atoms with Gasteiger partial charge in [0.05, 0.1) is 11.3 Å². The summed E-state index contributed by atoms with van der Waals surface area (Å²) in [6.45, 7) is 0.217. The number of hydrogen-bond acceptors (Lipinski definition) is 4. The van der Waals surface area contributed by atoms with Crippen LogP contribution in [0.1, 0.15) is 29.6 Å². The zero-order valence-electron chi connectivity index (χ0n) is 16.1. The summed E-state index contributed by atoms with van der Waals surface area (Å²) in [5.74, 6) is -0.711. The van der Waals surface area contributed by atoms with Crippen LogP contribution in [0, 0.1) is 0 Å². The fourth-order valence-corrected chi connectivity index (χ4v) is 4.49. The van der Waals surface area contributed by atoms with Gasteiger partial charge in [-0.2, -0.15) is 0 Å². The van der Waals surface area contributed by atoms with Gasteiger partial charge in [0, 0.05) is 39.1 Å². The molecule has 3 aliphatic rings. The van der Waals surface area contributed by atoms with E-state index < -0.39 is 0 Å². The van der Waals surface area contributed by atoms with E-state index in [0.29, 0.717) is 24.2 Å². The van der Waals surface area contributed by atoms with Crippen LogP contribution in [-0.4, -0.2) is 84.1 Å². The van der Waals surface area contributed by atoms with Gasteiger partial charge < -0.3 is 19.6 Å². The zero-order valence-corrected chi connectivity index (χ0v) is 16.1. The lowest BCUT2D eigenvalue weighted by atomic mass is 10.1. The molecule has 3 heterocycles. The number of likely N-dealkylation sites (tertiary alicyclic amines) is 1. The molecule has 28 heavy (non-hydrogen) atoms. The van der Waals surface area contributed by atoms with E-state index in [0.717, 1.165) is 12.8 Å². The standard InChI is InChI=1S/C20H24N4O4/c1-21-10-14-8-7-13(9-17(21)25)24(14)19(27)12-23-11-18(26)22(2)16-6-4-3-5-15(16)20(23)28/h3-6,13-14H,7-12H2,1-2H3/t13-,14+/m1/s1. The first-order chi connectivity index (χ1) is 13.4. The topological polar surface area (TPSA) is 81.2 Å². The molecular formula is C20H24N4O4. The van der Waals surface area contributed by atoms with Crippen LogP contribution in [0.3, 0.4) is 0 Å². The van der Waals surface area contributed by atoms with Gasteiger partial charge in [-0.05, 0) is 25.0 Å². The fourth-order valence-electron chi connectivity index (χ4n) is 4.49. The second kappa shape index (κ2) is 6.92. The summed E-state index contributed by atoms with van der Waals surface area (Å²) in [6.07, 6.45) is 1.97. The smallest absolute Gasteiger partial charge is 0.256 e. The fraction of sp³-hybridized carbons (Fsp3) is 0.500. The number of para-hydroxylation sites is 1. The Labute approximate surface area is 163 Å². The third-order valence-electron chi connectivity index (χ3n) is 6.04. The Hall–Kier alpha value is -2.90. The molecule has 2 saturated heterocycles. The minimum absolute atomic E-state index is 0.0262. The molecule has 4 rings (SSSR count). The SMILES string of the molecule is CN1C[C@@H]2CC[C@H](CC1=O)N2C(=O)CN1CC(=O)N(C)c2ccccc2C1=O. The Bertz CT molecular complexity index is 854. The van der Waals surface area contributed by atoms with Crippen LogP contribution in [0.5, 0.6) is 0 Å². The van der Waals surface area contributed by atoms with Crippen LogP contribution in [0.15, 0.2) is 24.3 Å². The number of carbonyl (C=O) groups is 4. The van der Waals surface area contributed by atoms with Crippen molar-refractivity contribution >= 4 is 29.3 Å². The van der Waals surface area contributed by atoms with Gasteiger partial charge in [0.1, 0.15) is 13.1 Å². The molecule has 0 aliphatic carbocycles. The summed E-state index contributed by atoms with van der Waals surface area (Å²) >= 11 is 0. The molecule has 1 aromatic carbocycles. The Balaban J connectivity index is 1.57. The monoisotopic (exact) mass is 384 g/mol. The number of anilines is 1. The van der Waals surface area contributed by atoms with Gasteiger partial charge in [0.25, 0.3) is 5.91 Å². The van der Waals surface area contributed by atoms with Gasteiger partial charge in [0.2, 0.25) is 17.7 Å². The summed E-state index contributed by atoms with van der Waals surface area (Å²) in [4.78, 5) is 57.1. The molecule has 0 aromatic heterocycles. The molecule has 8 nitrogen and oxygen atoms in total. The minimum atomic E-state index is -0.322. The molecule has 0 N–H and O–H groups in total. The molecule has 148 valence electrons. The predicted molar refractivity (Wildman–Crippen MR) is 102 cm³/mol. The second-order valence-corrected chi connectivity index (χ2v) is 7.80. The molecule has 1 aromatic rings. The Kier molecular flexibility index (Phi) is 4.56. The normalized spacial score (nSPS) is 25.0. The number of hydrogen-bond donors (Lipinski definition) is 0. The molecule has 0 unspecified atom stereocenters. The number of benzene rings is 1. The number of nitrogens with zero attached hydrogens (tertiary/aromatic N) is 4. The quantitative estimate of drug-likeness (QED) is 0.736. The summed E-state index contributed by atoms with van der Waals surface area (Å²) < 4.78 is 0. The molecule has 2 atom stereocenters. The summed E-state index contributed by atoms with van der Waals surface area (Å²) in [5.41, 5.74) is 0.965. The summed E-state index contributed by atoms with van der Waals surface area (Å²) in [5, 5.41) is 0. The predicted octanol–water partition coefficient (Wildman–Crippen LogP) is 0.327. The Morgan fingerprint density at radius 2 is 1.75 bits per heavy atom. The molecular weight excluding hydrogens is 360 g/mol. The van der Waals surface area contributed by atoms with Crippen LogP contribution in [-0.2, 0) is 14.4 Å². The van der Waals surface area contributed by atoms with Crippen molar-refractivity contribution in [1.82, 2.24) is 14.7 Å². The molecule has 0 saturated carbocycles. The van der Waals surface area contributed by atoms with Crippen LogP contribution < -0.4 is 4.90 Å². The van der Waals surface area contributed by atoms with E-state index in [1.54, 1.807) is 48.2 Å². The largest absolute Gasteiger partial charge is 0.344 e. The Morgan fingerprint density at radius 3 is 2.54 bits per heavy atom. The van der Waals surface area contributed by atoms with Crippen LogP contribution >= 0.6 is 0 Å². The first-order valence-corrected chi connectivity index (χ1v) is 9.57. The van der Waals surface area contributed by atoms with Crippen LogP contribution in [0.25, 0.3) is 0 Å². The lowest BCUT2D eigenvalue weighted by Crippen LogP contribution is -2.49. The van der Waals surface area contributed by atoms with Gasteiger partial charge in [-0.15, -0.1) is 0 Å². The van der Waals surface area contributed by atoms with E-state index in [4.69, 9.17) is 0 Å². The van der Waals surface area contributed by atoms with E-state index in [2.05, 4.69) is 0 Å². The Morgan fingerprint density at radius 1 is 1.04 bits per heavy atom. The number of fused-ring (bicyclic) bond motifs is 3. The van der Waals surface area contributed by atoms with E-state index in [-0.39, 0.29) is 48.8 Å². The van der Waals surface area contributed by atoms with E-state index >= 15 is 0 Å². The summed E-state index contributed by atoms with van der Waals surface area (Å²) in [7, 11) is 3.39. The number of carbonyl (C=O) groups excluding carboxylic acids is 4. The number of likely N-dealkylation sites (N-methyl/N-ethyl adjacent to an activating group) is 2. The van der Waals surface area contributed by atoms with E-state index in [9.17, 15) is 19.2 Å². The van der Waals surface area contributed by atoms with E-state index in [1.807, 2.05) is 0 Å². The minimum Gasteiger partial charge on any atom is -0.344 e. The second-order valence-electron chi connectivity index (χ2n) is 7.80. The third kappa shape index (κ3) is 3.02. The maximum Gasteiger partial charge on any atom is 0.256 e. The highest BCUT2D eigenvalue weighted by Gasteiger charge is 2.43. The van der Waals surface area contributed by atoms with Crippen LogP contribution in [0.4, 0.5) is 5.69 Å². The zero-order chi connectivity index (χ0) is 20.0. The van der Waals surface area contributed by atoms with Crippen molar-refractivity contribution in [2.45, 2.75) is 31.3 Å². The molecule has 2 bridgehead atoms. The van der Waals surface area contributed by atoms with E-state index in [1.165, 1.54) is 9.80 Å². The first kappa shape index (κ1) is 18.5. The number of amides is 4. The lowest BCUT2D eigenvalue weighted by molar-refractivity contribution is -0.134. The number of rotatable bonds is 2. The van der Waals surface area contributed by atoms with Gasteiger partial charge >= 0.3 is 0 Å². The first-order valence-electron chi connectivity index (χ1n) is 9.57. The van der Waals surface area contributed by atoms with Crippen molar-refractivity contribution in [1.29, 1.82) is 0 Å². The third-order valence-corrected chi connectivity index (χ3v) is 6.04. The maximum absolute atomic E-state index is 13.1. The molecule has 2 fully saturated rings. The highest BCUT2D eigenvalue weighted by Crippen LogP contribution is 2.31. The molecule has 0 radical (unpaired) electrons. The van der Waals surface area contributed by atoms with Gasteiger partial charge in [-0.1, -0.05) is 12.1 Å². The molecule has 8 heteroatoms. The van der Waals surface area contributed by atoms with Gasteiger partial charge in [-0.25, -0.2) is 0 Å². The highest BCUT2D eigenvalue weighted by molar-refractivity contribution is 6.10. The van der Waals surface area contributed by atoms with Crippen LogP contribution in [0.2, 0.25) is 0 Å². The van der Waals surface area contributed by atoms with Gasteiger partial charge in [-0.3, -0.25) is 19.2 Å². The summed E-state index contributed by atoms with van der Waals surface area (Å²) in [6, 6.07) is 6.78. The highest BCUT2D eigenvalue weighted by atomic mass is 16.2. The average Bonchev–Trinajstić information content (AvgIpc) is 2.98. The van der Waals surface area contributed by atoms with Gasteiger partial charge in [0.15, 0.2) is 0 Å².